The van der Waals surface area contributed by atoms with Gasteiger partial charge in [-0.2, -0.15) is 11.8 Å². The van der Waals surface area contributed by atoms with Crippen LogP contribution in [0.25, 0.3) is 0 Å². The average Bonchev–Trinajstić information content (AvgIpc) is 2.52. The molecular formula is C16H27IN4OS. The number of nitrogens with one attached hydrogen (secondary N) is 3. The number of amides is 1. The van der Waals surface area contributed by atoms with E-state index >= 15 is 0 Å². The molecule has 0 aliphatic rings. The molecule has 0 radical (unpaired) electrons. The van der Waals surface area contributed by atoms with E-state index in [0.29, 0.717) is 6.54 Å². The smallest absolute Gasteiger partial charge is 0.226 e. The highest BCUT2D eigenvalue weighted by Gasteiger charge is 2.06. The first-order valence-electron chi connectivity index (χ1n) is 7.40. The van der Waals surface area contributed by atoms with E-state index in [9.17, 15) is 4.79 Å². The van der Waals surface area contributed by atoms with Gasteiger partial charge in [0, 0.05) is 37.5 Å². The minimum atomic E-state index is -0.0166. The van der Waals surface area contributed by atoms with Crippen LogP contribution in [-0.2, 0) is 11.3 Å². The number of thioether (sulfide) groups is 1. The maximum absolute atomic E-state index is 11.6. The number of aliphatic imine (C=N–C) groups is 1. The molecule has 0 bridgehead atoms. The van der Waals surface area contributed by atoms with Gasteiger partial charge in [0.1, 0.15) is 0 Å². The Balaban J connectivity index is 0.00000484. The standard InChI is InChI=1S/C16H26N4OS.HI/c1-12(2)15(21)20-14-7-5-13(6-8-14)11-19-16(17-3)18-9-10-22-4;/h5-8,12H,9-11H2,1-4H3,(H,20,21)(H2,17,18,19);1H. The first kappa shape index (κ1) is 22.0. The maximum Gasteiger partial charge on any atom is 0.226 e. The van der Waals surface area contributed by atoms with Gasteiger partial charge < -0.3 is 16.0 Å². The van der Waals surface area contributed by atoms with E-state index in [0.717, 1.165) is 29.5 Å². The van der Waals surface area contributed by atoms with Crippen LogP contribution in [0.5, 0.6) is 0 Å². The predicted molar refractivity (Wildman–Crippen MR) is 112 cm³/mol. The minimum absolute atomic E-state index is 0. The van der Waals surface area contributed by atoms with Crippen molar-refractivity contribution in [3.05, 3.63) is 29.8 Å². The van der Waals surface area contributed by atoms with E-state index in [4.69, 9.17) is 0 Å². The van der Waals surface area contributed by atoms with Crippen LogP contribution < -0.4 is 16.0 Å². The SMILES string of the molecule is CN=C(NCCSC)NCc1ccc(NC(=O)C(C)C)cc1.I. The minimum Gasteiger partial charge on any atom is -0.356 e. The Labute approximate surface area is 160 Å². The second-order valence-corrected chi connectivity index (χ2v) is 6.17. The third-order valence-electron chi connectivity index (χ3n) is 3.03. The number of hydrogen-bond donors (Lipinski definition) is 3. The van der Waals surface area contributed by atoms with E-state index in [-0.39, 0.29) is 35.8 Å². The van der Waals surface area contributed by atoms with Crippen LogP contribution >= 0.6 is 35.7 Å². The summed E-state index contributed by atoms with van der Waals surface area (Å²) in [6.45, 7) is 5.34. The molecule has 130 valence electrons. The van der Waals surface area contributed by atoms with Crippen LogP contribution in [0.2, 0.25) is 0 Å². The van der Waals surface area contributed by atoms with Crippen molar-refractivity contribution >= 4 is 53.3 Å². The largest absolute Gasteiger partial charge is 0.356 e. The Morgan fingerprint density at radius 1 is 1.22 bits per heavy atom. The molecule has 23 heavy (non-hydrogen) atoms. The van der Waals surface area contributed by atoms with E-state index in [1.54, 1.807) is 18.8 Å². The summed E-state index contributed by atoms with van der Waals surface area (Å²) < 4.78 is 0. The van der Waals surface area contributed by atoms with Crippen LogP contribution in [0.15, 0.2) is 29.3 Å². The molecule has 0 saturated heterocycles. The van der Waals surface area contributed by atoms with Crippen LogP contribution in [0, 0.1) is 5.92 Å². The second kappa shape index (κ2) is 12.5. The molecule has 0 aromatic heterocycles. The molecule has 0 atom stereocenters. The number of guanidine groups is 1. The first-order chi connectivity index (χ1) is 10.6. The van der Waals surface area contributed by atoms with Gasteiger partial charge in [0.05, 0.1) is 0 Å². The fourth-order valence-electron chi connectivity index (χ4n) is 1.67. The summed E-state index contributed by atoms with van der Waals surface area (Å²) in [5.74, 6) is 1.86. The lowest BCUT2D eigenvalue weighted by molar-refractivity contribution is -0.118. The lowest BCUT2D eigenvalue weighted by atomic mass is 10.1. The number of anilines is 1. The van der Waals surface area contributed by atoms with Crippen molar-refractivity contribution in [2.45, 2.75) is 20.4 Å². The second-order valence-electron chi connectivity index (χ2n) is 5.19. The Kier molecular flexibility index (Phi) is 11.9. The third kappa shape index (κ3) is 9.04. The summed E-state index contributed by atoms with van der Waals surface area (Å²) in [6, 6.07) is 7.83. The predicted octanol–water partition coefficient (Wildman–Crippen LogP) is 2.93. The van der Waals surface area contributed by atoms with Crippen molar-refractivity contribution in [1.29, 1.82) is 0 Å². The molecule has 0 fully saturated rings. The Hall–Kier alpha value is -0.960. The molecule has 0 saturated carbocycles. The van der Waals surface area contributed by atoms with Crippen LogP contribution in [0.1, 0.15) is 19.4 Å². The average molecular weight is 450 g/mol. The van der Waals surface area contributed by atoms with Gasteiger partial charge in [-0.1, -0.05) is 26.0 Å². The number of carbonyl (C=O) groups is 1. The summed E-state index contributed by atoms with van der Waals surface area (Å²) in [5.41, 5.74) is 1.96. The highest BCUT2D eigenvalue weighted by molar-refractivity contribution is 14.0. The molecule has 0 aliphatic carbocycles. The van der Waals surface area contributed by atoms with Crippen molar-refractivity contribution in [2.24, 2.45) is 10.9 Å². The van der Waals surface area contributed by atoms with E-state index in [1.807, 2.05) is 38.1 Å². The molecule has 0 unspecified atom stereocenters. The summed E-state index contributed by atoms with van der Waals surface area (Å²) in [5, 5.41) is 9.40. The number of hydrogen-bond acceptors (Lipinski definition) is 3. The molecule has 1 amide bonds. The summed E-state index contributed by atoms with van der Waals surface area (Å²) in [6.07, 6.45) is 2.08. The zero-order valence-corrected chi connectivity index (χ0v) is 17.3. The number of benzene rings is 1. The van der Waals surface area contributed by atoms with Gasteiger partial charge in [-0.05, 0) is 24.0 Å². The Bertz CT molecular complexity index is 491. The van der Waals surface area contributed by atoms with Crippen LogP contribution in [-0.4, -0.2) is 37.5 Å². The van der Waals surface area contributed by atoms with Crippen LogP contribution in [0.4, 0.5) is 5.69 Å². The first-order valence-corrected chi connectivity index (χ1v) is 8.79. The van der Waals surface area contributed by atoms with Crippen molar-refractivity contribution in [3.63, 3.8) is 0 Å². The zero-order valence-electron chi connectivity index (χ0n) is 14.2. The number of rotatable bonds is 7. The molecule has 0 spiro atoms. The molecule has 1 aromatic rings. The number of halogens is 1. The molecular weight excluding hydrogens is 423 g/mol. The monoisotopic (exact) mass is 450 g/mol. The topological polar surface area (TPSA) is 65.5 Å². The van der Waals surface area contributed by atoms with Gasteiger partial charge in [-0.15, -0.1) is 24.0 Å². The third-order valence-corrected chi connectivity index (χ3v) is 3.64. The van der Waals surface area contributed by atoms with Crippen LogP contribution in [0.3, 0.4) is 0 Å². The highest BCUT2D eigenvalue weighted by atomic mass is 127. The van der Waals surface area contributed by atoms with E-state index in [1.165, 1.54) is 0 Å². The molecule has 7 heteroatoms. The molecule has 3 N–H and O–H groups in total. The lowest BCUT2D eigenvalue weighted by Crippen LogP contribution is -2.37. The molecule has 1 rings (SSSR count). The van der Waals surface area contributed by atoms with Gasteiger partial charge in [0.25, 0.3) is 0 Å². The van der Waals surface area contributed by atoms with Crippen molar-refractivity contribution in [3.8, 4) is 0 Å². The van der Waals surface area contributed by atoms with E-state index < -0.39 is 0 Å². The maximum atomic E-state index is 11.6. The van der Waals surface area contributed by atoms with Gasteiger partial charge >= 0.3 is 0 Å². The number of nitrogens with zero attached hydrogens (tertiary/aromatic N) is 1. The van der Waals surface area contributed by atoms with Gasteiger partial charge in [-0.3, -0.25) is 9.79 Å². The fourth-order valence-corrected chi connectivity index (χ4v) is 1.98. The zero-order chi connectivity index (χ0) is 16.4. The van der Waals surface area contributed by atoms with Crippen molar-refractivity contribution < 1.29 is 4.79 Å². The lowest BCUT2D eigenvalue weighted by Gasteiger charge is -2.12. The van der Waals surface area contributed by atoms with Gasteiger partial charge in [-0.25, -0.2) is 0 Å². The Morgan fingerprint density at radius 2 is 1.87 bits per heavy atom. The van der Waals surface area contributed by atoms with Gasteiger partial charge in [0.15, 0.2) is 5.96 Å². The summed E-state index contributed by atoms with van der Waals surface area (Å²) >= 11 is 1.80. The highest BCUT2D eigenvalue weighted by Crippen LogP contribution is 2.10. The Morgan fingerprint density at radius 3 is 2.39 bits per heavy atom. The molecule has 0 heterocycles. The molecule has 0 aliphatic heterocycles. The van der Waals surface area contributed by atoms with E-state index in [2.05, 4.69) is 27.2 Å². The quantitative estimate of drug-likeness (QED) is 0.259. The summed E-state index contributed by atoms with van der Waals surface area (Å²) in [7, 11) is 1.76. The van der Waals surface area contributed by atoms with Crippen molar-refractivity contribution in [1.82, 2.24) is 10.6 Å². The normalized spacial score (nSPS) is 10.9. The number of carbonyl (C=O) groups excluding carboxylic acids is 1. The molecule has 5 nitrogen and oxygen atoms in total. The fraction of sp³-hybridized carbons (Fsp3) is 0.500. The summed E-state index contributed by atoms with van der Waals surface area (Å²) in [4.78, 5) is 15.8. The van der Waals surface area contributed by atoms with Crippen molar-refractivity contribution in [2.75, 3.05) is 30.9 Å². The van der Waals surface area contributed by atoms with Gasteiger partial charge in [0.2, 0.25) is 5.91 Å². The molecule has 1 aromatic carbocycles.